The van der Waals surface area contributed by atoms with Gasteiger partial charge in [0, 0.05) is 52.4 Å². The summed E-state index contributed by atoms with van der Waals surface area (Å²) in [6, 6.07) is 0. The van der Waals surface area contributed by atoms with E-state index in [-0.39, 0.29) is 11.7 Å². The van der Waals surface area contributed by atoms with E-state index in [2.05, 4.69) is 10.2 Å². The van der Waals surface area contributed by atoms with Crippen LogP contribution in [0.25, 0.3) is 0 Å². The zero-order chi connectivity index (χ0) is 15.5. The molecule has 0 aromatic rings. The van der Waals surface area contributed by atoms with Gasteiger partial charge in [0.1, 0.15) is 0 Å². The van der Waals surface area contributed by atoms with Gasteiger partial charge in [-0.3, -0.25) is 4.79 Å². The number of likely N-dealkylation sites (N-methyl/N-ethyl adjacent to an activating group) is 1. The van der Waals surface area contributed by atoms with Gasteiger partial charge in [0.05, 0.1) is 11.7 Å². The molecule has 2 aliphatic rings. The number of nitrogens with zero attached hydrogens (tertiary/aromatic N) is 3. The van der Waals surface area contributed by atoms with Crippen molar-refractivity contribution in [3.63, 3.8) is 0 Å². The molecular weight excluding hydrogens is 292 g/mol. The Kier molecular flexibility index (Phi) is 5.59. The first-order valence-electron chi connectivity index (χ1n) is 7.56. The van der Waals surface area contributed by atoms with E-state index in [0.29, 0.717) is 39.3 Å². The molecule has 0 bridgehead atoms. The molecule has 2 heterocycles. The monoisotopic (exact) mass is 318 g/mol. The fourth-order valence-corrected chi connectivity index (χ4v) is 4.48. The molecule has 1 unspecified atom stereocenters. The molecule has 0 radical (unpaired) electrons. The maximum atomic E-state index is 12.4. The smallest absolute Gasteiger partial charge is 0.226 e. The molecule has 0 spiro atoms. The molecule has 1 N–H and O–H groups in total. The minimum Gasteiger partial charge on any atom is -0.340 e. The van der Waals surface area contributed by atoms with Gasteiger partial charge in [-0.2, -0.15) is 4.31 Å². The fourth-order valence-electron chi connectivity index (χ4n) is 2.75. The van der Waals surface area contributed by atoms with E-state index in [9.17, 15) is 13.2 Å². The summed E-state index contributed by atoms with van der Waals surface area (Å²) in [7, 11) is -1.31. The number of amides is 1. The Balaban J connectivity index is 1.90. The quantitative estimate of drug-likeness (QED) is 0.692. The van der Waals surface area contributed by atoms with Gasteiger partial charge in [-0.15, -0.1) is 0 Å². The van der Waals surface area contributed by atoms with Crippen molar-refractivity contribution < 1.29 is 13.2 Å². The van der Waals surface area contributed by atoms with Gasteiger partial charge in [-0.1, -0.05) is 6.92 Å². The third-order valence-electron chi connectivity index (χ3n) is 4.17. The number of carbonyl (C=O) groups is 1. The topological polar surface area (TPSA) is 73.0 Å². The van der Waals surface area contributed by atoms with E-state index in [1.807, 2.05) is 7.05 Å². The first-order valence-corrected chi connectivity index (χ1v) is 9.17. The van der Waals surface area contributed by atoms with Crippen LogP contribution < -0.4 is 5.32 Å². The van der Waals surface area contributed by atoms with Crippen LogP contribution in [0.2, 0.25) is 0 Å². The summed E-state index contributed by atoms with van der Waals surface area (Å²) < 4.78 is 26.2. The SMILES string of the molecule is CC(CS(=O)(=O)N1CCNCC1)C(=O)N1CCN(C)CC1. The molecule has 8 heteroatoms. The maximum absolute atomic E-state index is 12.4. The molecule has 122 valence electrons. The highest BCUT2D eigenvalue weighted by atomic mass is 32.2. The van der Waals surface area contributed by atoms with Gasteiger partial charge < -0.3 is 15.1 Å². The Morgan fingerprint density at radius 1 is 1.10 bits per heavy atom. The van der Waals surface area contributed by atoms with Crippen LogP contribution >= 0.6 is 0 Å². The molecule has 0 aromatic carbocycles. The molecule has 2 aliphatic heterocycles. The lowest BCUT2D eigenvalue weighted by Crippen LogP contribution is -2.51. The van der Waals surface area contributed by atoms with Gasteiger partial charge in [0.2, 0.25) is 15.9 Å². The van der Waals surface area contributed by atoms with Crippen molar-refractivity contribution >= 4 is 15.9 Å². The molecule has 21 heavy (non-hydrogen) atoms. The van der Waals surface area contributed by atoms with Gasteiger partial charge in [-0.05, 0) is 7.05 Å². The van der Waals surface area contributed by atoms with Crippen molar-refractivity contribution in [2.24, 2.45) is 5.92 Å². The number of sulfonamides is 1. The molecule has 7 nitrogen and oxygen atoms in total. The molecule has 2 rings (SSSR count). The highest BCUT2D eigenvalue weighted by molar-refractivity contribution is 7.89. The zero-order valence-electron chi connectivity index (χ0n) is 12.9. The lowest BCUT2D eigenvalue weighted by molar-refractivity contribution is -0.135. The second-order valence-electron chi connectivity index (χ2n) is 5.96. The van der Waals surface area contributed by atoms with E-state index >= 15 is 0 Å². The molecular formula is C13H26N4O3S. The van der Waals surface area contributed by atoms with Crippen molar-refractivity contribution in [1.82, 2.24) is 19.4 Å². The van der Waals surface area contributed by atoms with Crippen LogP contribution in [0.5, 0.6) is 0 Å². The number of hydrogen-bond acceptors (Lipinski definition) is 5. The number of hydrogen-bond donors (Lipinski definition) is 1. The van der Waals surface area contributed by atoms with E-state index < -0.39 is 15.9 Å². The third kappa shape index (κ3) is 4.38. The second kappa shape index (κ2) is 7.04. The van der Waals surface area contributed by atoms with Crippen molar-refractivity contribution in [2.75, 3.05) is 65.2 Å². The normalized spacial score (nSPS) is 24.0. The Labute approximate surface area is 127 Å². The number of rotatable bonds is 4. The Morgan fingerprint density at radius 2 is 1.67 bits per heavy atom. The predicted octanol–water partition coefficient (Wildman–Crippen LogP) is -1.37. The zero-order valence-corrected chi connectivity index (χ0v) is 13.7. The Hall–Kier alpha value is -0.700. The van der Waals surface area contributed by atoms with E-state index in [4.69, 9.17) is 0 Å². The van der Waals surface area contributed by atoms with Gasteiger partial charge in [-0.25, -0.2) is 8.42 Å². The minimum absolute atomic E-state index is 0.0400. The average Bonchev–Trinajstić information content (AvgIpc) is 2.48. The van der Waals surface area contributed by atoms with Crippen LogP contribution in [-0.4, -0.2) is 93.6 Å². The summed E-state index contributed by atoms with van der Waals surface area (Å²) in [5, 5.41) is 3.13. The first kappa shape index (κ1) is 16.7. The lowest BCUT2D eigenvalue weighted by atomic mass is 10.1. The number of piperazine rings is 2. The molecule has 0 aromatic heterocycles. The second-order valence-corrected chi connectivity index (χ2v) is 7.97. The third-order valence-corrected chi connectivity index (χ3v) is 6.24. The van der Waals surface area contributed by atoms with Crippen LogP contribution in [0.4, 0.5) is 0 Å². The van der Waals surface area contributed by atoms with E-state index in [0.717, 1.165) is 13.1 Å². The maximum Gasteiger partial charge on any atom is 0.226 e. The predicted molar refractivity (Wildman–Crippen MR) is 81.5 cm³/mol. The van der Waals surface area contributed by atoms with Gasteiger partial charge in [0.25, 0.3) is 0 Å². The largest absolute Gasteiger partial charge is 0.340 e. The lowest BCUT2D eigenvalue weighted by Gasteiger charge is -2.34. The van der Waals surface area contributed by atoms with Crippen LogP contribution in [0, 0.1) is 5.92 Å². The molecule has 2 saturated heterocycles. The minimum atomic E-state index is -3.34. The van der Waals surface area contributed by atoms with Crippen molar-refractivity contribution in [3.05, 3.63) is 0 Å². The standard InChI is InChI=1S/C13H26N4O3S/c1-12(13(18)16-9-7-15(2)8-10-16)11-21(19,20)17-5-3-14-4-6-17/h12,14H,3-11H2,1-2H3. The van der Waals surface area contributed by atoms with E-state index in [1.54, 1.807) is 11.8 Å². The number of carbonyl (C=O) groups excluding carboxylic acids is 1. The average molecular weight is 318 g/mol. The summed E-state index contributed by atoms with van der Waals surface area (Å²) in [5.74, 6) is -0.604. The van der Waals surface area contributed by atoms with Crippen molar-refractivity contribution in [2.45, 2.75) is 6.92 Å². The van der Waals surface area contributed by atoms with E-state index in [1.165, 1.54) is 4.31 Å². The Bertz CT molecular complexity index is 454. The highest BCUT2D eigenvalue weighted by Gasteiger charge is 2.31. The number of nitrogens with one attached hydrogen (secondary N) is 1. The van der Waals surface area contributed by atoms with Crippen molar-refractivity contribution in [3.8, 4) is 0 Å². The summed E-state index contributed by atoms with van der Waals surface area (Å²) in [6.07, 6.45) is 0. The van der Waals surface area contributed by atoms with Gasteiger partial charge >= 0.3 is 0 Å². The summed E-state index contributed by atoms with van der Waals surface area (Å²) in [4.78, 5) is 16.3. The fraction of sp³-hybridized carbons (Fsp3) is 0.923. The summed E-state index contributed by atoms with van der Waals surface area (Å²) in [6.45, 7) is 7.16. The van der Waals surface area contributed by atoms with Gasteiger partial charge in [0.15, 0.2) is 0 Å². The Morgan fingerprint density at radius 3 is 2.24 bits per heavy atom. The molecule has 1 atom stereocenters. The van der Waals surface area contributed by atoms with Crippen LogP contribution in [0.3, 0.4) is 0 Å². The molecule has 2 fully saturated rings. The molecule has 0 saturated carbocycles. The van der Waals surface area contributed by atoms with Crippen LogP contribution in [-0.2, 0) is 14.8 Å². The first-order chi connectivity index (χ1) is 9.90. The summed E-state index contributed by atoms with van der Waals surface area (Å²) >= 11 is 0. The molecule has 0 aliphatic carbocycles. The van der Waals surface area contributed by atoms with Crippen LogP contribution in [0.1, 0.15) is 6.92 Å². The molecule has 1 amide bonds. The highest BCUT2D eigenvalue weighted by Crippen LogP contribution is 2.12. The van der Waals surface area contributed by atoms with Crippen LogP contribution in [0.15, 0.2) is 0 Å². The summed E-state index contributed by atoms with van der Waals surface area (Å²) in [5.41, 5.74) is 0. The van der Waals surface area contributed by atoms with Crippen molar-refractivity contribution in [1.29, 1.82) is 0 Å².